The van der Waals surface area contributed by atoms with Crippen LogP contribution >= 0.6 is 0 Å². The fraction of sp³-hybridized carbons (Fsp3) is 0.238. The molecular weight excluding hydrogens is 482 g/mol. The van der Waals surface area contributed by atoms with E-state index in [1.54, 1.807) is 18.2 Å². The van der Waals surface area contributed by atoms with Gasteiger partial charge in [-0.25, -0.2) is 17.6 Å². The van der Waals surface area contributed by atoms with Gasteiger partial charge in [-0.3, -0.25) is 0 Å². The Hall–Kier alpha value is -3.45. The maximum absolute atomic E-state index is 13.7. The molecule has 34 heavy (non-hydrogen) atoms. The average Bonchev–Trinajstić information content (AvgIpc) is 3.19. The number of fused-ring (bicyclic) bond motifs is 1. The van der Waals surface area contributed by atoms with E-state index in [0.717, 1.165) is 6.07 Å². The molecule has 1 aromatic heterocycles. The molecule has 0 saturated carbocycles. The lowest BCUT2D eigenvalue weighted by Gasteiger charge is -2.25. The Morgan fingerprint density at radius 1 is 1.18 bits per heavy atom. The first-order valence-corrected chi connectivity index (χ1v) is 11.3. The van der Waals surface area contributed by atoms with Crippen molar-refractivity contribution >= 4 is 16.1 Å². The van der Waals surface area contributed by atoms with E-state index in [4.69, 9.17) is 9.26 Å². The van der Waals surface area contributed by atoms with Gasteiger partial charge in [0.2, 0.25) is 10.0 Å². The third-order valence-corrected chi connectivity index (χ3v) is 6.96. The van der Waals surface area contributed by atoms with Crippen molar-refractivity contribution in [3.05, 3.63) is 76.8 Å². The van der Waals surface area contributed by atoms with Crippen LogP contribution in [0.1, 0.15) is 22.5 Å². The lowest BCUT2D eigenvalue weighted by molar-refractivity contribution is -0.140. The van der Waals surface area contributed by atoms with Crippen LogP contribution in [-0.4, -0.2) is 30.5 Å². The largest absolute Gasteiger partial charge is 0.419 e. The summed E-state index contributed by atoms with van der Waals surface area (Å²) in [5, 5.41) is 5.94. The summed E-state index contributed by atoms with van der Waals surface area (Å²) in [6.07, 6.45) is -5.65. The third kappa shape index (κ3) is 4.89. The van der Waals surface area contributed by atoms with Crippen molar-refractivity contribution in [2.24, 2.45) is 0 Å². The minimum Gasteiger partial charge on any atom is -0.388 e. The molecule has 0 bridgehead atoms. The first-order valence-electron chi connectivity index (χ1n) is 9.89. The Morgan fingerprint density at radius 3 is 2.59 bits per heavy atom. The van der Waals surface area contributed by atoms with Gasteiger partial charge in [0.15, 0.2) is 0 Å². The topological polar surface area (TPSA) is 102 Å². The Kier molecular flexibility index (Phi) is 6.32. The summed E-state index contributed by atoms with van der Waals surface area (Å²) in [6.45, 7) is -0.310. The fourth-order valence-electron chi connectivity index (χ4n) is 3.38. The van der Waals surface area contributed by atoms with Crippen molar-refractivity contribution in [2.45, 2.75) is 30.6 Å². The molecule has 8 nitrogen and oxygen atoms in total. The van der Waals surface area contributed by atoms with E-state index in [1.165, 1.54) is 16.4 Å². The second kappa shape index (κ2) is 9.06. The van der Waals surface area contributed by atoms with E-state index < -0.39 is 33.7 Å². The molecule has 180 valence electrons. The number of nitrogens with one attached hydrogen (secondary N) is 1. The van der Waals surface area contributed by atoms with Gasteiger partial charge in [0.1, 0.15) is 11.6 Å². The molecule has 1 aliphatic rings. The highest BCUT2D eigenvalue weighted by Gasteiger charge is 2.35. The smallest absolute Gasteiger partial charge is 0.388 e. The predicted octanol–water partition coefficient (Wildman–Crippen LogP) is 3.87. The molecule has 0 spiro atoms. The number of carbonyl (C=O) groups excluding carboxylic acids is 1. The predicted molar refractivity (Wildman–Crippen MR) is 109 cm³/mol. The van der Waals surface area contributed by atoms with Crippen molar-refractivity contribution < 1.29 is 40.0 Å². The Bertz CT molecular complexity index is 1310. The number of carbonyl (C=O) groups is 1. The van der Waals surface area contributed by atoms with Gasteiger partial charge in [-0.15, -0.1) is 0 Å². The second-order valence-corrected chi connectivity index (χ2v) is 9.28. The maximum Gasteiger partial charge on any atom is 0.419 e. The first-order chi connectivity index (χ1) is 16.1. The molecule has 2 aromatic carbocycles. The Balaban J connectivity index is 1.41. The number of rotatable bonds is 5. The maximum atomic E-state index is 13.7. The van der Waals surface area contributed by atoms with E-state index in [2.05, 4.69) is 10.5 Å². The van der Waals surface area contributed by atoms with Crippen LogP contribution in [0.4, 0.5) is 22.4 Å². The number of amides is 1. The molecule has 1 N–H and O–H groups in total. The molecule has 0 saturated heterocycles. The van der Waals surface area contributed by atoms with Crippen LogP contribution < -0.4 is 10.1 Å². The average molecular weight is 499 g/mol. The number of hydrogen-bond donors (Lipinski definition) is 1. The Labute approximate surface area is 191 Å². The molecule has 0 atom stereocenters. The van der Waals surface area contributed by atoms with Crippen LogP contribution in [0.3, 0.4) is 0 Å². The van der Waals surface area contributed by atoms with E-state index in [-0.39, 0.29) is 48.0 Å². The second-order valence-electron chi connectivity index (χ2n) is 7.35. The summed E-state index contributed by atoms with van der Waals surface area (Å²) in [6, 6.07) is 10.1. The van der Waals surface area contributed by atoms with Gasteiger partial charge in [0.05, 0.1) is 16.0 Å². The number of ether oxygens (including phenoxy) is 1. The lowest BCUT2D eigenvalue weighted by Crippen LogP contribution is -2.36. The monoisotopic (exact) mass is 499 g/mol. The lowest BCUT2D eigenvalue weighted by atomic mass is 10.1. The molecule has 2 heterocycles. The van der Waals surface area contributed by atoms with Gasteiger partial charge in [-0.1, -0.05) is 24.3 Å². The first kappa shape index (κ1) is 23.7. The molecule has 13 heteroatoms. The number of alkyl halides is 3. The summed E-state index contributed by atoms with van der Waals surface area (Å²) in [7, 11) is -3.80. The van der Waals surface area contributed by atoms with Crippen LogP contribution in [0.5, 0.6) is 5.88 Å². The SMILES string of the molecule is O=C(NCc1ccc(C(F)(F)F)c(F)c1)Oc1noc2c1CN(S(=O)(=O)c1ccccc1)CC2. The summed E-state index contributed by atoms with van der Waals surface area (Å²) in [4.78, 5) is 12.3. The van der Waals surface area contributed by atoms with E-state index >= 15 is 0 Å². The highest BCUT2D eigenvalue weighted by molar-refractivity contribution is 7.89. The normalized spacial score (nSPS) is 14.5. The van der Waals surface area contributed by atoms with Gasteiger partial charge < -0.3 is 14.6 Å². The zero-order valence-electron chi connectivity index (χ0n) is 17.3. The number of hydrogen-bond acceptors (Lipinski definition) is 6. The van der Waals surface area contributed by atoms with Crippen molar-refractivity contribution in [3.63, 3.8) is 0 Å². The summed E-state index contributed by atoms with van der Waals surface area (Å²) in [5.74, 6) is -1.34. The highest BCUT2D eigenvalue weighted by Crippen LogP contribution is 2.32. The number of nitrogens with zero attached hydrogens (tertiary/aromatic N) is 2. The standard InChI is InChI=1S/C21H17F4N3O5S/c22-17-10-13(6-7-16(17)21(23,24)25)11-26-20(29)32-19-15-12-28(9-8-18(15)33-27-19)34(30,31)14-4-2-1-3-5-14/h1-7,10H,8-9,11-12H2,(H,26,29). The van der Waals surface area contributed by atoms with Crippen LogP contribution in [0.15, 0.2) is 57.9 Å². The minimum atomic E-state index is -4.83. The quantitative estimate of drug-likeness (QED) is 0.535. The molecule has 0 aliphatic carbocycles. The molecule has 3 aromatic rings. The summed E-state index contributed by atoms with van der Waals surface area (Å²) < 4.78 is 88.9. The molecule has 0 unspecified atom stereocenters. The molecule has 1 aliphatic heterocycles. The van der Waals surface area contributed by atoms with E-state index in [0.29, 0.717) is 17.9 Å². The summed E-state index contributed by atoms with van der Waals surface area (Å²) >= 11 is 0. The van der Waals surface area contributed by atoms with Crippen molar-refractivity contribution in [3.8, 4) is 5.88 Å². The van der Waals surface area contributed by atoms with Crippen LogP contribution in [-0.2, 0) is 35.7 Å². The van der Waals surface area contributed by atoms with Gasteiger partial charge in [0.25, 0.3) is 5.88 Å². The molecule has 4 rings (SSSR count). The fourth-order valence-corrected chi connectivity index (χ4v) is 4.81. The van der Waals surface area contributed by atoms with Crippen LogP contribution in [0.25, 0.3) is 0 Å². The number of sulfonamides is 1. The van der Waals surface area contributed by atoms with Gasteiger partial charge in [-0.2, -0.15) is 17.5 Å². The zero-order valence-corrected chi connectivity index (χ0v) is 18.1. The summed E-state index contributed by atoms with van der Waals surface area (Å²) in [5.41, 5.74) is -1.06. The Morgan fingerprint density at radius 2 is 1.91 bits per heavy atom. The number of halogens is 4. The van der Waals surface area contributed by atoms with Crippen molar-refractivity contribution in [2.75, 3.05) is 6.54 Å². The minimum absolute atomic E-state index is 0.0739. The molecular formula is C21H17F4N3O5S. The highest BCUT2D eigenvalue weighted by atomic mass is 32.2. The molecule has 0 radical (unpaired) electrons. The van der Waals surface area contributed by atoms with Gasteiger partial charge in [-0.05, 0) is 35.0 Å². The molecule has 1 amide bonds. The van der Waals surface area contributed by atoms with Gasteiger partial charge >= 0.3 is 12.3 Å². The van der Waals surface area contributed by atoms with Crippen LogP contribution in [0.2, 0.25) is 0 Å². The number of aromatic nitrogens is 1. The zero-order chi connectivity index (χ0) is 24.5. The molecule has 0 fully saturated rings. The van der Waals surface area contributed by atoms with Crippen molar-refractivity contribution in [1.82, 2.24) is 14.8 Å². The van der Waals surface area contributed by atoms with E-state index in [1.807, 2.05) is 0 Å². The van der Waals surface area contributed by atoms with Crippen LogP contribution in [0, 0.1) is 5.82 Å². The third-order valence-electron chi connectivity index (χ3n) is 5.10. The van der Waals surface area contributed by atoms with Crippen molar-refractivity contribution in [1.29, 1.82) is 0 Å². The van der Waals surface area contributed by atoms with E-state index in [9.17, 15) is 30.8 Å². The van der Waals surface area contributed by atoms with Gasteiger partial charge in [0, 0.05) is 26.1 Å². The number of benzene rings is 2.